The third kappa shape index (κ3) is 6.52. The van der Waals surface area contributed by atoms with Crippen molar-refractivity contribution in [2.45, 2.75) is 25.6 Å². The van der Waals surface area contributed by atoms with Gasteiger partial charge in [-0.3, -0.25) is 0 Å². The maximum atomic E-state index is 13.7. The molecule has 6 nitrogen and oxygen atoms in total. The van der Waals surface area contributed by atoms with Crippen LogP contribution in [0, 0.1) is 11.6 Å². The van der Waals surface area contributed by atoms with Crippen molar-refractivity contribution < 1.29 is 17.2 Å². The molecular weight excluding hydrogens is 422 g/mol. The minimum atomic E-state index is -3.25. The molecule has 0 aliphatic heterocycles. The number of sulfone groups is 1. The van der Waals surface area contributed by atoms with Crippen LogP contribution in [-0.4, -0.2) is 38.7 Å². The van der Waals surface area contributed by atoms with Gasteiger partial charge >= 0.3 is 0 Å². The molecule has 3 aromatic rings. The lowest BCUT2D eigenvalue weighted by atomic mass is 10.1. The fraction of sp³-hybridized carbons (Fsp3) is 0.318. The molecule has 0 atom stereocenters. The first-order chi connectivity index (χ1) is 14.7. The second-order valence-corrected chi connectivity index (χ2v) is 9.50. The normalized spacial score (nSPS) is 12.3. The number of fused-ring (bicyclic) bond motifs is 1. The molecule has 1 heterocycles. The van der Waals surface area contributed by atoms with Crippen molar-refractivity contribution in [1.29, 1.82) is 0 Å². The molecule has 0 saturated heterocycles. The molecule has 31 heavy (non-hydrogen) atoms. The molecule has 3 rings (SSSR count). The molecule has 3 N–H and O–H groups in total. The van der Waals surface area contributed by atoms with Gasteiger partial charge in [0, 0.05) is 36.4 Å². The topological polar surface area (TPSA) is 86.3 Å². The Bertz CT molecular complexity index is 1190. The summed E-state index contributed by atoms with van der Waals surface area (Å²) in [6.07, 6.45) is 3.70. The zero-order valence-corrected chi connectivity index (χ0v) is 18.3. The summed E-state index contributed by atoms with van der Waals surface area (Å²) in [7, 11) is -3.25. The van der Waals surface area contributed by atoms with Gasteiger partial charge in [0.2, 0.25) is 0 Å². The Kier molecular flexibility index (Phi) is 7.27. The predicted molar refractivity (Wildman–Crippen MR) is 120 cm³/mol. The van der Waals surface area contributed by atoms with E-state index in [1.165, 1.54) is 30.3 Å². The summed E-state index contributed by atoms with van der Waals surface area (Å²) in [6.45, 7) is 3.29. The van der Waals surface area contributed by atoms with Gasteiger partial charge < -0.3 is 15.6 Å². The average molecular weight is 449 g/mol. The predicted octanol–water partition coefficient (Wildman–Crippen LogP) is 3.29. The Morgan fingerprint density at radius 1 is 1.03 bits per heavy atom. The number of nitrogens with zero attached hydrogens (tertiary/aromatic N) is 1. The van der Waals surface area contributed by atoms with Crippen molar-refractivity contribution in [2.75, 3.05) is 19.3 Å². The molecule has 0 fully saturated rings. The van der Waals surface area contributed by atoms with Crippen molar-refractivity contribution in [3.63, 3.8) is 0 Å². The second kappa shape index (κ2) is 9.91. The highest BCUT2D eigenvalue weighted by molar-refractivity contribution is 7.89. The number of aliphatic imine (C=N–C) groups is 1. The van der Waals surface area contributed by atoms with Crippen molar-refractivity contribution in [2.24, 2.45) is 4.99 Å². The number of benzene rings is 2. The lowest BCUT2D eigenvalue weighted by molar-refractivity contribution is 0.600. The largest absolute Gasteiger partial charge is 0.361 e. The van der Waals surface area contributed by atoms with Gasteiger partial charge in [-0.1, -0.05) is 6.07 Å². The first-order valence-corrected chi connectivity index (χ1v) is 12.0. The van der Waals surface area contributed by atoms with Gasteiger partial charge in [-0.05, 0) is 60.4 Å². The number of H-pyrrole nitrogens is 1. The van der Waals surface area contributed by atoms with Crippen LogP contribution in [0.25, 0.3) is 10.9 Å². The van der Waals surface area contributed by atoms with E-state index in [0.717, 1.165) is 22.7 Å². The number of aromatic nitrogens is 1. The minimum Gasteiger partial charge on any atom is -0.361 e. The molecule has 0 spiro atoms. The Hall–Kier alpha value is -2.94. The molecule has 0 saturated carbocycles. The second-order valence-electron chi connectivity index (χ2n) is 7.36. The average Bonchev–Trinajstić information content (AvgIpc) is 3.09. The lowest BCUT2D eigenvalue weighted by Gasteiger charge is -2.12. The smallest absolute Gasteiger partial charge is 0.191 e. The maximum Gasteiger partial charge on any atom is 0.191 e. The molecule has 0 aliphatic carbocycles. The number of rotatable bonds is 8. The summed E-state index contributed by atoms with van der Waals surface area (Å²) in [6, 6.07) is 8.71. The van der Waals surface area contributed by atoms with Crippen LogP contribution in [-0.2, 0) is 28.6 Å². The minimum absolute atomic E-state index is 0.143. The van der Waals surface area contributed by atoms with Crippen LogP contribution in [0.2, 0.25) is 0 Å². The van der Waals surface area contributed by atoms with Crippen LogP contribution in [0.1, 0.15) is 23.6 Å². The molecule has 0 bridgehead atoms. The Morgan fingerprint density at radius 2 is 1.77 bits per heavy atom. The van der Waals surface area contributed by atoms with E-state index in [1.807, 2.05) is 13.1 Å². The highest BCUT2D eigenvalue weighted by Gasteiger charge is 2.11. The molecule has 0 aliphatic rings. The quantitative estimate of drug-likeness (QED) is 0.365. The summed E-state index contributed by atoms with van der Waals surface area (Å²) in [5, 5.41) is 7.32. The molecule has 0 unspecified atom stereocenters. The molecule has 0 amide bonds. The standard InChI is InChI=1S/C22H26F2N4O2S/c1-3-25-22(26-9-8-15-12-27-21-11-19(24)6-7-20(15)21)28-13-17-10-18(23)5-4-16(17)14-31(2,29)30/h4-7,10-12,27H,3,8-9,13-14H2,1-2H3,(H2,25,26,28). The first-order valence-electron chi connectivity index (χ1n) is 9.98. The van der Waals surface area contributed by atoms with Crippen molar-refractivity contribution in [1.82, 2.24) is 15.6 Å². The SMILES string of the molecule is CCNC(=NCc1cc(F)ccc1CS(C)(=O)=O)NCCc1c[nH]c2cc(F)ccc12. The number of nitrogens with one attached hydrogen (secondary N) is 3. The van der Waals surface area contributed by atoms with Crippen LogP contribution in [0.3, 0.4) is 0 Å². The summed E-state index contributed by atoms with van der Waals surface area (Å²) >= 11 is 0. The fourth-order valence-electron chi connectivity index (χ4n) is 3.35. The van der Waals surface area contributed by atoms with Crippen molar-refractivity contribution >= 4 is 26.7 Å². The van der Waals surface area contributed by atoms with Gasteiger partial charge in [-0.2, -0.15) is 0 Å². The highest BCUT2D eigenvalue weighted by Crippen LogP contribution is 2.19. The van der Waals surface area contributed by atoms with E-state index < -0.39 is 15.7 Å². The fourth-order valence-corrected chi connectivity index (χ4v) is 4.20. The zero-order valence-electron chi connectivity index (χ0n) is 17.5. The van der Waals surface area contributed by atoms with Crippen LogP contribution < -0.4 is 10.6 Å². The Labute approximate surface area is 180 Å². The van der Waals surface area contributed by atoms with E-state index in [0.29, 0.717) is 36.6 Å². The Balaban J connectivity index is 1.68. The zero-order chi connectivity index (χ0) is 22.4. The number of aromatic amines is 1. The van der Waals surface area contributed by atoms with Gasteiger partial charge in [0.1, 0.15) is 11.6 Å². The van der Waals surface area contributed by atoms with Crippen LogP contribution in [0.15, 0.2) is 47.6 Å². The van der Waals surface area contributed by atoms with E-state index in [9.17, 15) is 17.2 Å². The first kappa shape index (κ1) is 22.7. The summed E-state index contributed by atoms with van der Waals surface area (Å²) in [5.74, 6) is -0.337. The molecule has 166 valence electrons. The van der Waals surface area contributed by atoms with E-state index in [4.69, 9.17) is 0 Å². The number of halogens is 2. The van der Waals surface area contributed by atoms with E-state index in [-0.39, 0.29) is 18.1 Å². The van der Waals surface area contributed by atoms with E-state index >= 15 is 0 Å². The van der Waals surface area contributed by atoms with Crippen molar-refractivity contribution in [3.05, 3.63) is 70.9 Å². The van der Waals surface area contributed by atoms with E-state index in [2.05, 4.69) is 20.6 Å². The molecule has 9 heteroatoms. The van der Waals surface area contributed by atoms with Gasteiger partial charge in [0.15, 0.2) is 15.8 Å². The number of hydrogen-bond donors (Lipinski definition) is 3. The molecule has 2 aromatic carbocycles. The third-order valence-corrected chi connectivity index (χ3v) is 5.59. The molecule has 0 radical (unpaired) electrons. The van der Waals surface area contributed by atoms with Gasteiger partial charge in [-0.25, -0.2) is 22.2 Å². The third-order valence-electron chi connectivity index (χ3n) is 4.75. The van der Waals surface area contributed by atoms with Gasteiger partial charge in [0.25, 0.3) is 0 Å². The lowest BCUT2D eigenvalue weighted by Crippen LogP contribution is -2.38. The van der Waals surface area contributed by atoms with Crippen LogP contribution in [0.5, 0.6) is 0 Å². The Morgan fingerprint density at radius 3 is 2.52 bits per heavy atom. The molecule has 1 aromatic heterocycles. The highest BCUT2D eigenvalue weighted by atomic mass is 32.2. The van der Waals surface area contributed by atoms with Crippen LogP contribution >= 0.6 is 0 Å². The number of hydrogen-bond acceptors (Lipinski definition) is 3. The summed E-state index contributed by atoms with van der Waals surface area (Å²) in [5.41, 5.74) is 2.87. The number of guanidine groups is 1. The van der Waals surface area contributed by atoms with Crippen LogP contribution in [0.4, 0.5) is 8.78 Å². The van der Waals surface area contributed by atoms with Gasteiger partial charge in [0.05, 0.1) is 12.3 Å². The monoisotopic (exact) mass is 448 g/mol. The molecular formula is C22H26F2N4O2S. The van der Waals surface area contributed by atoms with Gasteiger partial charge in [-0.15, -0.1) is 0 Å². The maximum absolute atomic E-state index is 13.7. The van der Waals surface area contributed by atoms with Crippen molar-refractivity contribution in [3.8, 4) is 0 Å². The van der Waals surface area contributed by atoms with E-state index in [1.54, 1.807) is 6.07 Å². The summed E-state index contributed by atoms with van der Waals surface area (Å²) in [4.78, 5) is 7.55. The summed E-state index contributed by atoms with van der Waals surface area (Å²) < 4.78 is 50.4.